The molecule has 2 saturated heterocycles. The van der Waals surface area contributed by atoms with Gasteiger partial charge >= 0.3 is 0 Å². The summed E-state index contributed by atoms with van der Waals surface area (Å²) in [4.78, 5) is 27.3. The van der Waals surface area contributed by atoms with Crippen molar-refractivity contribution in [1.82, 2.24) is 9.80 Å². The molecule has 0 aliphatic carbocycles. The fourth-order valence-electron chi connectivity index (χ4n) is 4.94. The Morgan fingerprint density at radius 1 is 0.692 bits per heavy atom. The van der Waals surface area contributed by atoms with Gasteiger partial charge in [-0.15, -0.1) is 0 Å². The van der Waals surface area contributed by atoms with Gasteiger partial charge in [0.2, 0.25) is 11.8 Å². The molecule has 4 atom stereocenters. The molecule has 0 unspecified atom stereocenters. The molecule has 10 heteroatoms. The molecule has 2 aromatic carbocycles. The Bertz CT molecular complexity index is 1140. The van der Waals surface area contributed by atoms with E-state index in [1.807, 2.05) is 49.1 Å². The van der Waals surface area contributed by atoms with Crippen LogP contribution in [0.2, 0.25) is 0 Å². The van der Waals surface area contributed by atoms with Crippen molar-refractivity contribution in [2.45, 2.75) is 39.0 Å². The molecule has 4 rings (SSSR count). The zero-order valence-corrected chi connectivity index (χ0v) is 23.8. The number of amides is 2. The number of likely N-dealkylation sites (tertiary alicyclic amines) is 2. The lowest BCUT2D eigenvalue weighted by molar-refractivity contribution is -0.160. The third-order valence-electron chi connectivity index (χ3n) is 7.49. The van der Waals surface area contributed by atoms with E-state index in [2.05, 4.69) is 0 Å². The number of hydrogen-bond acceptors (Lipinski definition) is 8. The predicted molar refractivity (Wildman–Crippen MR) is 145 cm³/mol. The minimum Gasteiger partial charge on any atom is -0.497 e. The Kier molecular flexibility index (Phi) is 10.4. The number of benzene rings is 2. The zero-order chi connectivity index (χ0) is 28.7. The summed E-state index contributed by atoms with van der Waals surface area (Å²) >= 11 is 0. The van der Waals surface area contributed by atoms with E-state index in [4.69, 9.17) is 23.7 Å². The van der Waals surface area contributed by atoms with E-state index in [0.29, 0.717) is 31.2 Å². The molecule has 0 bridgehead atoms. The molecule has 214 valence electrons. The standard InChI is InChI=1S/C15H21NO4.C14H19NO4/c1-10-13(9-18-2)16(15(10)17)8-11-5-6-12(19-3)7-14(11)20-4;1-9-12(8-16)15(14(9)17)7-10-4-5-11(18-2)6-13(10)19-3/h5-7,10,13H,8-9H2,1-4H3;4-6,9,12,16H,7-8H2,1-3H3/t10-,13+;9-,12+/m00/s1. The van der Waals surface area contributed by atoms with E-state index < -0.39 is 0 Å². The fourth-order valence-corrected chi connectivity index (χ4v) is 4.94. The lowest BCUT2D eigenvalue weighted by Gasteiger charge is -2.45. The van der Waals surface area contributed by atoms with Gasteiger partial charge in [0.05, 0.1) is 65.6 Å². The summed E-state index contributed by atoms with van der Waals surface area (Å²) in [5.74, 6) is 3.01. The number of rotatable bonds is 11. The highest BCUT2D eigenvalue weighted by molar-refractivity contribution is 5.86. The Balaban J connectivity index is 0.000000216. The topological polar surface area (TPSA) is 107 Å². The molecule has 10 nitrogen and oxygen atoms in total. The predicted octanol–water partition coefficient (Wildman–Crippen LogP) is 2.74. The van der Waals surface area contributed by atoms with E-state index in [9.17, 15) is 14.7 Å². The van der Waals surface area contributed by atoms with E-state index in [1.54, 1.807) is 46.5 Å². The molecular formula is C29H40N2O8. The maximum absolute atomic E-state index is 12.0. The summed E-state index contributed by atoms with van der Waals surface area (Å²) in [6.45, 7) is 5.31. The third-order valence-corrected chi connectivity index (χ3v) is 7.49. The summed E-state index contributed by atoms with van der Waals surface area (Å²) in [6, 6.07) is 11.2. The molecule has 2 aromatic rings. The Hall–Kier alpha value is -3.50. The second kappa shape index (κ2) is 13.5. The van der Waals surface area contributed by atoms with E-state index in [1.165, 1.54) is 0 Å². The quantitative estimate of drug-likeness (QED) is 0.431. The van der Waals surface area contributed by atoms with Gasteiger partial charge in [0, 0.05) is 43.5 Å². The lowest BCUT2D eigenvalue weighted by Crippen LogP contribution is -2.60. The first-order chi connectivity index (χ1) is 18.7. The van der Waals surface area contributed by atoms with Crippen LogP contribution in [0.1, 0.15) is 25.0 Å². The second-order valence-corrected chi connectivity index (χ2v) is 9.64. The van der Waals surface area contributed by atoms with Gasteiger partial charge in [0.25, 0.3) is 0 Å². The van der Waals surface area contributed by atoms with Crippen molar-refractivity contribution in [3.05, 3.63) is 47.5 Å². The zero-order valence-electron chi connectivity index (χ0n) is 23.8. The molecule has 39 heavy (non-hydrogen) atoms. The number of nitrogens with zero attached hydrogens (tertiary/aromatic N) is 2. The van der Waals surface area contributed by atoms with Crippen molar-refractivity contribution >= 4 is 11.8 Å². The maximum atomic E-state index is 12.0. The number of carbonyl (C=O) groups excluding carboxylic acids is 2. The van der Waals surface area contributed by atoms with Crippen LogP contribution in [0.4, 0.5) is 0 Å². The summed E-state index contributed by atoms with van der Waals surface area (Å²) in [5, 5.41) is 9.29. The monoisotopic (exact) mass is 544 g/mol. The maximum Gasteiger partial charge on any atom is 0.228 e. The van der Waals surface area contributed by atoms with Crippen molar-refractivity contribution in [3.8, 4) is 23.0 Å². The van der Waals surface area contributed by atoms with Crippen LogP contribution in [0.25, 0.3) is 0 Å². The molecule has 2 heterocycles. The fraction of sp³-hybridized carbons (Fsp3) is 0.517. The van der Waals surface area contributed by atoms with Crippen LogP contribution < -0.4 is 18.9 Å². The summed E-state index contributed by atoms with van der Waals surface area (Å²) in [5.41, 5.74) is 1.87. The summed E-state index contributed by atoms with van der Waals surface area (Å²) < 4.78 is 26.2. The SMILES string of the molecule is COC[C@@H]1[C@H](C)C(=O)N1Cc1ccc(OC)cc1OC.COc1ccc(CN2C(=O)[C@@H](C)[C@H]2CO)c(OC)c1. The van der Waals surface area contributed by atoms with Crippen molar-refractivity contribution in [2.24, 2.45) is 11.8 Å². The molecule has 2 amide bonds. The van der Waals surface area contributed by atoms with Crippen molar-refractivity contribution in [2.75, 3.05) is 48.8 Å². The van der Waals surface area contributed by atoms with E-state index in [-0.39, 0.29) is 42.3 Å². The van der Waals surface area contributed by atoms with Crippen LogP contribution in [0.15, 0.2) is 36.4 Å². The highest BCUT2D eigenvalue weighted by atomic mass is 16.5. The number of aliphatic hydroxyl groups is 1. The second-order valence-electron chi connectivity index (χ2n) is 9.64. The van der Waals surface area contributed by atoms with Crippen molar-refractivity contribution in [1.29, 1.82) is 0 Å². The van der Waals surface area contributed by atoms with Crippen molar-refractivity contribution in [3.63, 3.8) is 0 Å². The molecule has 2 aliphatic heterocycles. The normalized spacial score (nSPS) is 21.8. The highest BCUT2D eigenvalue weighted by Crippen LogP contribution is 2.33. The average molecular weight is 545 g/mol. The Morgan fingerprint density at radius 3 is 1.51 bits per heavy atom. The lowest BCUT2D eigenvalue weighted by atomic mass is 9.89. The van der Waals surface area contributed by atoms with Gasteiger partial charge in [-0.05, 0) is 24.3 Å². The van der Waals surface area contributed by atoms with Gasteiger partial charge in [-0.25, -0.2) is 0 Å². The van der Waals surface area contributed by atoms with Crippen LogP contribution in [-0.2, 0) is 27.4 Å². The molecule has 0 aromatic heterocycles. The average Bonchev–Trinajstić information content (AvgIpc) is 2.98. The smallest absolute Gasteiger partial charge is 0.228 e. The minimum atomic E-state index is -0.103. The molecule has 2 aliphatic rings. The van der Waals surface area contributed by atoms with Crippen LogP contribution in [0, 0.1) is 11.8 Å². The Morgan fingerprint density at radius 2 is 1.13 bits per heavy atom. The van der Waals surface area contributed by atoms with Gasteiger partial charge in [-0.3, -0.25) is 9.59 Å². The number of hydrogen-bond donors (Lipinski definition) is 1. The van der Waals surface area contributed by atoms with Gasteiger partial charge < -0.3 is 38.6 Å². The number of ether oxygens (including phenoxy) is 5. The Labute approximate surface area is 230 Å². The molecule has 2 fully saturated rings. The van der Waals surface area contributed by atoms with Crippen LogP contribution in [0.3, 0.4) is 0 Å². The third kappa shape index (κ3) is 6.39. The largest absolute Gasteiger partial charge is 0.497 e. The van der Waals surface area contributed by atoms with E-state index >= 15 is 0 Å². The van der Waals surface area contributed by atoms with Gasteiger partial charge in [-0.1, -0.05) is 13.8 Å². The van der Waals surface area contributed by atoms with Crippen molar-refractivity contribution < 1.29 is 38.4 Å². The number of methoxy groups -OCH3 is 5. The molecular weight excluding hydrogens is 504 g/mol. The van der Waals surface area contributed by atoms with Crippen LogP contribution >= 0.6 is 0 Å². The molecule has 0 spiro atoms. The highest BCUT2D eigenvalue weighted by Gasteiger charge is 2.44. The van der Waals surface area contributed by atoms with Crippen LogP contribution in [0.5, 0.6) is 23.0 Å². The number of β-lactam (4-membered cyclic amide) rings is 2. The summed E-state index contributed by atoms with van der Waals surface area (Å²) in [6.07, 6.45) is 0. The molecule has 1 N–H and O–H groups in total. The van der Waals surface area contributed by atoms with E-state index in [0.717, 1.165) is 22.6 Å². The number of carbonyl (C=O) groups is 2. The number of aliphatic hydroxyl groups excluding tert-OH is 1. The summed E-state index contributed by atoms with van der Waals surface area (Å²) in [7, 11) is 8.07. The van der Waals surface area contributed by atoms with Crippen LogP contribution in [-0.4, -0.2) is 87.6 Å². The minimum absolute atomic E-state index is 0.00855. The van der Waals surface area contributed by atoms with Gasteiger partial charge in [-0.2, -0.15) is 0 Å². The first-order valence-electron chi connectivity index (χ1n) is 12.9. The first-order valence-corrected chi connectivity index (χ1v) is 12.9. The van der Waals surface area contributed by atoms with Gasteiger partial charge in [0.1, 0.15) is 23.0 Å². The van der Waals surface area contributed by atoms with Gasteiger partial charge in [0.15, 0.2) is 0 Å². The molecule has 0 saturated carbocycles. The molecule has 0 radical (unpaired) electrons. The first kappa shape index (κ1) is 30.0.